The molecule has 0 heterocycles. The molecule has 2 N–H and O–H groups in total. The van der Waals surface area contributed by atoms with Crippen LogP contribution in [0.5, 0.6) is 23.0 Å². The van der Waals surface area contributed by atoms with Crippen LogP contribution < -0.4 is 29.6 Å². The Morgan fingerprint density at radius 3 is 2.27 bits per heavy atom. The zero-order chi connectivity index (χ0) is 18.8. The van der Waals surface area contributed by atoms with Gasteiger partial charge in [0.05, 0.1) is 27.9 Å². The van der Waals surface area contributed by atoms with Crippen molar-refractivity contribution in [2.24, 2.45) is 0 Å². The van der Waals surface area contributed by atoms with E-state index in [2.05, 4.69) is 10.6 Å². The fraction of sp³-hybridized carbons (Fsp3) is 0.316. The summed E-state index contributed by atoms with van der Waals surface area (Å²) in [6.45, 7) is 1.02. The molecule has 0 saturated heterocycles. The van der Waals surface area contributed by atoms with Gasteiger partial charge in [0.1, 0.15) is 12.4 Å². The zero-order valence-corrected chi connectivity index (χ0v) is 15.2. The van der Waals surface area contributed by atoms with Crippen LogP contribution in [-0.2, 0) is 6.54 Å². The van der Waals surface area contributed by atoms with E-state index < -0.39 is 0 Å². The molecule has 0 radical (unpaired) electrons. The first kappa shape index (κ1) is 19.2. The number of urea groups is 1. The lowest BCUT2D eigenvalue weighted by atomic mass is 10.2. The molecule has 0 aliphatic carbocycles. The second-order valence-corrected chi connectivity index (χ2v) is 5.26. The third kappa shape index (κ3) is 5.20. The zero-order valence-electron chi connectivity index (χ0n) is 15.2. The molecule has 0 bridgehead atoms. The summed E-state index contributed by atoms with van der Waals surface area (Å²) in [5, 5.41) is 5.52. The first-order chi connectivity index (χ1) is 12.7. The summed E-state index contributed by atoms with van der Waals surface area (Å²) in [4.78, 5) is 11.9. The van der Waals surface area contributed by atoms with E-state index in [1.807, 2.05) is 30.3 Å². The maximum Gasteiger partial charge on any atom is 0.315 e. The Balaban J connectivity index is 1.75. The lowest BCUT2D eigenvalue weighted by Crippen LogP contribution is -2.37. The van der Waals surface area contributed by atoms with Crippen molar-refractivity contribution in [3.63, 3.8) is 0 Å². The Bertz CT molecular complexity index is 721. The van der Waals surface area contributed by atoms with E-state index >= 15 is 0 Å². The largest absolute Gasteiger partial charge is 0.496 e. The summed E-state index contributed by atoms with van der Waals surface area (Å²) in [7, 11) is 4.71. The molecule has 7 nitrogen and oxygen atoms in total. The van der Waals surface area contributed by atoms with Crippen molar-refractivity contribution in [1.29, 1.82) is 0 Å². The second-order valence-electron chi connectivity index (χ2n) is 5.26. The molecule has 2 rings (SSSR count). The highest BCUT2D eigenvalue weighted by Crippen LogP contribution is 2.36. The number of carbonyl (C=O) groups excluding carboxylic acids is 1. The average Bonchev–Trinajstić information content (AvgIpc) is 2.69. The van der Waals surface area contributed by atoms with Gasteiger partial charge in [-0.25, -0.2) is 4.79 Å². The van der Waals surface area contributed by atoms with Gasteiger partial charge < -0.3 is 29.6 Å². The molecule has 0 unspecified atom stereocenters. The number of nitrogens with one attached hydrogen (secondary N) is 2. The number of para-hydroxylation sites is 2. The Hall–Kier alpha value is -3.09. The highest BCUT2D eigenvalue weighted by Gasteiger charge is 2.10. The topological polar surface area (TPSA) is 78.1 Å². The standard InChI is InChI=1S/C19H24N2O5/c1-23-15-8-5-4-7-14(15)13-21-19(22)20-11-12-26-17-10-6-9-16(24-2)18(17)25-3/h4-10H,11-13H2,1-3H3,(H2,20,21,22). The van der Waals surface area contributed by atoms with Crippen LogP contribution in [0.25, 0.3) is 0 Å². The monoisotopic (exact) mass is 360 g/mol. The minimum Gasteiger partial charge on any atom is -0.496 e. The van der Waals surface area contributed by atoms with Crippen LogP contribution in [0.1, 0.15) is 5.56 Å². The van der Waals surface area contributed by atoms with Crippen LogP contribution in [0.2, 0.25) is 0 Å². The van der Waals surface area contributed by atoms with Crippen LogP contribution in [0.3, 0.4) is 0 Å². The number of methoxy groups -OCH3 is 3. The molecule has 140 valence electrons. The molecular weight excluding hydrogens is 336 g/mol. The number of rotatable bonds is 9. The van der Waals surface area contributed by atoms with E-state index in [1.54, 1.807) is 33.5 Å². The van der Waals surface area contributed by atoms with Crippen molar-refractivity contribution in [3.05, 3.63) is 48.0 Å². The number of carbonyl (C=O) groups is 1. The van der Waals surface area contributed by atoms with E-state index in [0.717, 1.165) is 11.3 Å². The predicted octanol–water partition coefficient (Wildman–Crippen LogP) is 2.59. The number of amides is 2. The molecule has 7 heteroatoms. The van der Waals surface area contributed by atoms with Crippen LogP contribution >= 0.6 is 0 Å². The summed E-state index contributed by atoms with van der Waals surface area (Å²) in [5.41, 5.74) is 0.905. The summed E-state index contributed by atoms with van der Waals surface area (Å²) < 4.78 is 21.4. The third-order valence-corrected chi connectivity index (χ3v) is 3.64. The molecule has 0 aliphatic rings. The number of ether oxygens (including phenoxy) is 4. The highest BCUT2D eigenvalue weighted by molar-refractivity contribution is 5.73. The van der Waals surface area contributed by atoms with Gasteiger partial charge in [-0.15, -0.1) is 0 Å². The predicted molar refractivity (Wildman–Crippen MR) is 98.3 cm³/mol. The normalized spacial score (nSPS) is 9.96. The third-order valence-electron chi connectivity index (χ3n) is 3.64. The molecule has 0 aliphatic heterocycles. The van der Waals surface area contributed by atoms with E-state index in [0.29, 0.717) is 36.9 Å². The van der Waals surface area contributed by atoms with Crippen molar-refractivity contribution in [2.75, 3.05) is 34.5 Å². The van der Waals surface area contributed by atoms with Gasteiger partial charge in [0.15, 0.2) is 11.5 Å². The fourth-order valence-corrected chi connectivity index (χ4v) is 2.38. The van der Waals surface area contributed by atoms with E-state index in [-0.39, 0.29) is 6.03 Å². The van der Waals surface area contributed by atoms with Crippen LogP contribution in [-0.4, -0.2) is 40.5 Å². The SMILES string of the molecule is COc1ccccc1CNC(=O)NCCOc1cccc(OC)c1OC. The first-order valence-corrected chi connectivity index (χ1v) is 8.17. The summed E-state index contributed by atoms with van der Waals surface area (Å²) in [6.07, 6.45) is 0. The van der Waals surface area contributed by atoms with Gasteiger partial charge in [-0.2, -0.15) is 0 Å². The van der Waals surface area contributed by atoms with Gasteiger partial charge in [0.2, 0.25) is 5.75 Å². The minimum absolute atomic E-state index is 0.280. The molecule has 26 heavy (non-hydrogen) atoms. The van der Waals surface area contributed by atoms with Crippen molar-refractivity contribution in [3.8, 4) is 23.0 Å². The number of benzene rings is 2. The minimum atomic E-state index is -0.280. The highest BCUT2D eigenvalue weighted by atomic mass is 16.5. The Kier molecular flexibility index (Phi) is 7.42. The summed E-state index contributed by atoms with van der Waals surface area (Å²) >= 11 is 0. The van der Waals surface area contributed by atoms with Gasteiger partial charge in [0, 0.05) is 12.1 Å². The summed E-state index contributed by atoms with van der Waals surface area (Å²) in [6, 6.07) is 12.6. The van der Waals surface area contributed by atoms with E-state index in [4.69, 9.17) is 18.9 Å². The molecule has 0 atom stereocenters. The average molecular weight is 360 g/mol. The number of hydrogen-bond donors (Lipinski definition) is 2. The maximum atomic E-state index is 11.9. The molecule has 2 aromatic carbocycles. The lowest BCUT2D eigenvalue weighted by Gasteiger charge is -2.14. The van der Waals surface area contributed by atoms with Crippen molar-refractivity contribution in [1.82, 2.24) is 10.6 Å². The van der Waals surface area contributed by atoms with Gasteiger partial charge in [0.25, 0.3) is 0 Å². The van der Waals surface area contributed by atoms with E-state index in [1.165, 1.54) is 0 Å². The van der Waals surface area contributed by atoms with Gasteiger partial charge >= 0.3 is 6.03 Å². The second kappa shape index (κ2) is 10.0. The smallest absolute Gasteiger partial charge is 0.315 e. The quantitative estimate of drug-likeness (QED) is 0.672. The van der Waals surface area contributed by atoms with Gasteiger partial charge in [-0.1, -0.05) is 24.3 Å². The molecular formula is C19H24N2O5. The Labute approximate surface area is 153 Å². The lowest BCUT2D eigenvalue weighted by molar-refractivity contribution is 0.234. The van der Waals surface area contributed by atoms with Gasteiger partial charge in [-0.05, 0) is 18.2 Å². The van der Waals surface area contributed by atoms with Gasteiger partial charge in [-0.3, -0.25) is 0 Å². The van der Waals surface area contributed by atoms with Crippen LogP contribution in [0.4, 0.5) is 4.79 Å². The molecule has 0 fully saturated rings. The number of hydrogen-bond acceptors (Lipinski definition) is 5. The fourth-order valence-electron chi connectivity index (χ4n) is 2.38. The van der Waals surface area contributed by atoms with Crippen molar-refractivity contribution >= 4 is 6.03 Å². The van der Waals surface area contributed by atoms with Crippen LogP contribution in [0.15, 0.2) is 42.5 Å². The molecule has 2 amide bonds. The van der Waals surface area contributed by atoms with Crippen molar-refractivity contribution in [2.45, 2.75) is 6.54 Å². The van der Waals surface area contributed by atoms with Crippen molar-refractivity contribution < 1.29 is 23.7 Å². The molecule has 0 aromatic heterocycles. The van der Waals surface area contributed by atoms with E-state index in [9.17, 15) is 4.79 Å². The Morgan fingerprint density at radius 1 is 0.846 bits per heavy atom. The summed E-state index contributed by atoms with van der Waals surface area (Å²) in [5.74, 6) is 2.41. The molecule has 0 saturated carbocycles. The first-order valence-electron chi connectivity index (χ1n) is 8.17. The Morgan fingerprint density at radius 2 is 1.54 bits per heavy atom. The molecule has 2 aromatic rings. The van der Waals surface area contributed by atoms with Crippen LogP contribution in [0, 0.1) is 0 Å². The maximum absolute atomic E-state index is 11.9. The molecule has 0 spiro atoms.